The lowest BCUT2D eigenvalue weighted by Gasteiger charge is -2.24. The Morgan fingerprint density at radius 2 is 2.08 bits per heavy atom. The van der Waals surface area contributed by atoms with Crippen molar-refractivity contribution in [2.75, 3.05) is 13.1 Å². The molecule has 1 saturated heterocycles. The summed E-state index contributed by atoms with van der Waals surface area (Å²) >= 11 is 0. The molecule has 1 aliphatic carbocycles. The molecule has 4 rings (SSSR count). The van der Waals surface area contributed by atoms with Crippen LogP contribution in [0.1, 0.15) is 42.3 Å². The van der Waals surface area contributed by atoms with E-state index in [0.29, 0.717) is 18.7 Å². The molecule has 0 radical (unpaired) electrons. The van der Waals surface area contributed by atoms with Crippen LogP contribution in [0.5, 0.6) is 0 Å². The van der Waals surface area contributed by atoms with E-state index in [2.05, 4.69) is 9.97 Å². The minimum atomic E-state index is -0.645. The Kier molecular flexibility index (Phi) is 3.59. The molecule has 0 bridgehead atoms. The average molecular weight is 325 g/mol. The minimum absolute atomic E-state index is 0.0581. The third kappa shape index (κ3) is 2.48. The van der Waals surface area contributed by atoms with E-state index in [-0.39, 0.29) is 17.6 Å². The summed E-state index contributed by atoms with van der Waals surface area (Å²) in [6, 6.07) is 8.53. The number of aromatic nitrogens is 2. The first kappa shape index (κ1) is 15.2. The molecule has 0 unspecified atom stereocenters. The smallest absolute Gasteiger partial charge is 0.233 e. The number of halogens is 1. The van der Waals surface area contributed by atoms with Gasteiger partial charge in [0.1, 0.15) is 11.6 Å². The largest absolute Gasteiger partial charge is 0.341 e. The topological polar surface area (TPSA) is 46.1 Å². The predicted molar refractivity (Wildman–Crippen MR) is 88.0 cm³/mol. The first-order chi connectivity index (χ1) is 11.6. The first-order valence-corrected chi connectivity index (χ1v) is 8.44. The lowest BCUT2D eigenvalue weighted by molar-refractivity contribution is -0.133. The van der Waals surface area contributed by atoms with Gasteiger partial charge in [-0.3, -0.25) is 4.79 Å². The lowest BCUT2D eigenvalue weighted by atomic mass is 9.94. The number of aryl methyl sites for hydroxylation is 1. The van der Waals surface area contributed by atoms with Gasteiger partial charge < -0.3 is 4.90 Å². The number of hydrogen-bond donors (Lipinski definition) is 0. The number of hydrogen-bond acceptors (Lipinski definition) is 3. The highest BCUT2D eigenvalue weighted by atomic mass is 19.1. The Morgan fingerprint density at radius 1 is 1.29 bits per heavy atom. The number of likely N-dealkylation sites (tertiary alicyclic amines) is 1. The Labute approximate surface area is 140 Å². The van der Waals surface area contributed by atoms with Crippen molar-refractivity contribution in [2.24, 2.45) is 0 Å². The van der Waals surface area contributed by atoms with E-state index in [0.717, 1.165) is 30.8 Å². The molecule has 2 aromatic rings. The standard InChI is InChI=1S/C19H20FN3O/c1-13-6-10-21-17(22-13)14-7-11-23(12-14)18(24)19(8-9-19)15-4-2-3-5-16(15)20/h2-6,10,14H,7-9,11-12H2,1H3/t14-/m1/s1. The minimum Gasteiger partial charge on any atom is -0.341 e. The fraction of sp³-hybridized carbons (Fsp3) is 0.421. The summed E-state index contributed by atoms with van der Waals surface area (Å²) in [6.45, 7) is 3.26. The second-order valence-electron chi connectivity index (χ2n) is 6.85. The molecule has 124 valence electrons. The summed E-state index contributed by atoms with van der Waals surface area (Å²) in [5.74, 6) is 0.759. The third-order valence-corrected chi connectivity index (χ3v) is 5.20. The van der Waals surface area contributed by atoms with Crippen LogP contribution in [0.25, 0.3) is 0 Å². The molecule has 2 aliphatic rings. The Morgan fingerprint density at radius 3 is 2.79 bits per heavy atom. The van der Waals surface area contributed by atoms with Crippen LogP contribution in [0.15, 0.2) is 36.5 Å². The van der Waals surface area contributed by atoms with E-state index >= 15 is 0 Å². The Bertz CT molecular complexity index is 788. The summed E-state index contributed by atoms with van der Waals surface area (Å²) < 4.78 is 14.2. The Hall–Kier alpha value is -2.30. The summed E-state index contributed by atoms with van der Waals surface area (Å²) in [5, 5.41) is 0. The molecule has 4 nitrogen and oxygen atoms in total. The van der Waals surface area contributed by atoms with Gasteiger partial charge in [-0.05, 0) is 38.3 Å². The van der Waals surface area contributed by atoms with Crippen molar-refractivity contribution in [1.29, 1.82) is 0 Å². The van der Waals surface area contributed by atoms with Crippen molar-refractivity contribution in [3.05, 3.63) is 59.4 Å². The molecule has 24 heavy (non-hydrogen) atoms. The van der Waals surface area contributed by atoms with Crippen LogP contribution < -0.4 is 0 Å². The van der Waals surface area contributed by atoms with Crippen LogP contribution in [0.4, 0.5) is 4.39 Å². The van der Waals surface area contributed by atoms with E-state index in [9.17, 15) is 9.18 Å². The van der Waals surface area contributed by atoms with Crippen LogP contribution in [0.3, 0.4) is 0 Å². The van der Waals surface area contributed by atoms with E-state index in [1.807, 2.05) is 17.9 Å². The molecule has 0 spiro atoms. The van der Waals surface area contributed by atoms with Crippen LogP contribution >= 0.6 is 0 Å². The maximum absolute atomic E-state index is 14.2. The number of carbonyl (C=O) groups excluding carboxylic acids is 1. The molecule has 1 aromatic heterocycles. The molecule has 1 aromatic carbocycles. The zero-order valence-electron chi connectivity index (χ0n) is 13.7. The van der Waals surface area contributed by atoms with E-state index in [1.165, 1.54) is 6.07 Å². The summed E-state index contributed by atoms with van der Waals surface area (Å²) in [4.78, 5) is 23.8. The maximum Gasteiger partial charge on any atom is 0.233 e. The average Bonchev–Trinajstić information content (AvgIpc) is 3.23. The van der Waals surface area contributed by atoms with Crippen LogP contribution in [-0.4, -0.2) is 33.9 Å². The van der Waals surface area contributed by atoms with Gasteiger partial charge in [-0.1, -0.05) is 18.2 Å². The molecule has 0 N–H and O–H groups in total. The van der Waals surface area contributed by atoms with Gasteiger partial charge in [0, 0.05) is 36.5 Å². The van der Waals surface area contributed by atoms with E-state index in [1.54, 1.807) is 24.4 Å². The molecule has 5 heteroatoms. The maximum atomic E-state index is 14.2. The second-order valence-corrected chi connectivity index (χ2v) is 6.85. The molecule has 1 saturated carbocycles. The number of carbonyl (C=O) groups is 1. The van der Waals surface area contributed by atoms with Crippen molar-refractivity contribution >= 4 is 5.91 Å². The van der Waals surface area contributed by atoms with Crippen LogP contribution in [-0.2, 0) is 10.2 Å². The molecule has 2 fully saturated rings. The normalized spacial score (nSPS) is 21.8. The lowest BCUT2D eigenvalue weighted by Crippen LogP contribution is -2.38. The third-order valence-electron chi connectivity index (χ3n) is 5.20. The van der Waals surface area contributed by atoms with Gasteiger partial charge in [-0.2, -0.15) is 0 Å². The monoisotopic (exact) mass is 325 g/mol. The fourth-order valence-corrected chi connectivity index (χ4v) is 3.70. The van der Waals surface area contributed by atoms with Gasteiger partial charge in [-0.25, -0.2) is 14.4 Å². The summed E-state index contributed by atoms with van der Waals surface area (Å²) in [6.07, 6.45) is 4.09. The molecule has 1 amide bonds. The van der Waals surface area contributed by atoms with Gasteiger partial charge in [-0.15, -0.1) is 0 Å². The van der Waals surface area contributed by atoms with Crippen molar-refractivity contribution in [2.45, 2.75) is 37.5 Å². The van der Waals surface area contributed by atoms with Gasteiger partial charge in [0.05, 0.1) is 5.41 Å². The molecule has 1 atom stereocenters. The van der Waals surface area contributed by atoms with Gasteiger partial charge in [0.15, 0.2) is 0 Å². The number of rotatable bonds is 3. The molecular formula is C19H20FN3O. The van der Waals surface area contributed by atoms with E-state index < -0.39 is 5.41 Å². The highest BCUT2D eigenvalue weighted by Gasteiger charge is 2.55. The van der Waals surface area contributed by atoms with Crippen LogP contribution in [0, 0.1) is 12.7 Å². The van der Waals surface area contributed by atoms with Crippen molar-refractivity contribution in [1.82, 2.24) is 14.9 Å². The zero-order valence-corrected chi connectivity index (χ0v) is 13.7. The highest BCUT2D eigenvalue weighted by Crippen LogP contribution is 2.51. The number of nitrogens with zero attached hydrogens (tertiary/aromatic N) is 3. The van der Waals surface area contributed by atoms with Crippen LogP contribution in [0.2, 0.25) is 0 Å². The quantitative estimate of drug-likeness (QED) is 0.871. The van der Waals surface area contributed by atoms with Gasteiger partial charge >= 0.3 is 0 Å². The highest BCUT2D eigenvalue weighted by molar-refractivity contribution is 5.91. The second kappa shape index (κ2) is 5.65. The zero-order chi connectivity index (χ0) is 16.7. The Balaban J connectivity index is 1.53. The van der Waals surface area contributed by atoms with Crippen molar-refractivity contribution in [3.8, 4) is 0 Å². The summed E-state index contributed by atoms with van der Waals surface area (Å²) in [5.41, 5.74) is 0.841. The summed E-state index contributed by atoms with van der Waals surface area (Å²) in [7, 11) is 0. The molecule has 1 aliphatic heterocycles. The molecule has 2 heterocycles. The SMILES string of the molecule is Cc1ccnc([C@@H]2CCN(C(=O)C3(c4ccccc4F)CC3)C2)n1. The predicted octanol–water partition coefficient (Wildman–Crippen LogP) is 2.97. The van der Waals surface area contributed by atoms with Gasteiger partial charge in [0.25, 0.3) is 0 Å². The van der Waals surface area contributed by atoms with Gasteiger partial charge in [0.2, 0.25) is 5.91 Å². The number of benzene rings is 1. The van der Waals surface area contributed by atoms with Crippen molar-refractivity contribution < 1.29 is 9.18 Å². The van der Waals surface area contributed by atoms with Crippen molar-refractivity contribution in [3.63, 3.8) is 0 Å². The fourth-order valence-electron chi connectivity index (χ4n) is 3.70. The first-order valence-electron chi connectivity index (χ1n) is 8.44. The van der Waals surface area contributed by atoms with E-state index in [4.69, 9.17) is 0 Å². The molecular weight excluding hydrogens is 305 g/mol. The number of amides is 1.